The molecule has 0 atom stereocenters. The molecular weight excluding hydrogens is 450 g/mol. The van der Waals surface area contributed by atoms with Crippen LogP contribution in [-0.2, 0) is 10.0 Å². The van der Waals surface area contributed by atoms with Gasteiger partial charge in [0.15, 0.2) is 16.7 Å². The van der Waals surface area contributed by atoms with Gasteiger partial charge in [-0.15, -0.1) is 11.3 Å². The second kappa shape index (κ2) is 8.54. The molecule has 1 aliphatic heterocycles. The van der Waals surface area contributed by atoms with E-state index >= 15 is 0 Å². The molecule has 0 radical (unpaired) electrons. The highest BCUT2D eigenvalue weighted by atomic mass is 32.2. The maximum atomic E-state index is 13.1. The van der Waals surface area contributed by atoms with Crippen molar-refractivity contribution in [3.05, 3.63) is 45.5 Å². The van der Waals surface area contributed by atoms with Crippen molar-refractivity contribution in [1.82, 2.24) is 23.9 Å². The van der Waals surface area contributed by atoms with Gasteiger partial charge in [-0.05, 0) is 40.7 Å². The molecule has 0 aliphatic carbocycles. The third-order valence-corrected chi connectivity index (χ3v) is 8.88. The topological polar surface area (TPSA) is 102 Å². The van der Waals surface area contributed by atoms with Crippen LogP contribution in [0.15, 0.2) is 20.9 Å². The van der Waals surface area contributed by atoms with Crippen LogP contribution in [0.25, 0.3) is 5.13 Å². The fourth-order valence-electron chi connectivity index (χ4n) is 4.17. The van der Waals surface area contributed by atoms with Gasteiger partial charge >= 0.3 is 0 Å². The maximum absolute atomic E-state index is 13.1. The number of ketones is 1. The maximum Gasteiger partial charge on any atom is 0.248 e. The summed E-state index contributed by atoms with van der Waals surface area (Å²) in [6, 6.07) is 1.91. The molecule has 4 heterocycles. The second-order valence-corrected chi connectivity index (χ2v) is 10.9. The molecule has 0 saturated carbocycles. The van der Waals surface area contributed by atoms with Gasteiger partial charge in [0, 0.05) is 48.5 Å². The van der Waals surface area contributed by atoms with Crippen LogP contribution in [-0.4, -0.2) is 70.8 Å². The number of sulfonamides is 1. The van der Waals surface area contributed by atoms with Crippen LogP contribution in [0.5, 0.6) is 0 Å². The highest BCUT2D eigenvalue weighted by molar-refractivity contribution is 7.89. The monoisotopic (exact) mass is 477 g/mol. The fourth-order valence-corrected chi connectivity index (χ4v) is 6.80. The Hall–Kier alpha value is -2.34. The molecule has 3 aromatic rings. The summed E-state index contributed by atoms with van der Waals surface area (Å²) in [6.45, 7) is 10.9. The standard InChI is InChI=1S/C21H27N5O4S2/c1-13-12-31-21(22-13)26-14(2)10-18(16(26)4)19(27)11-24-6-8-25(9-7-24)32(28,29)20-15(3)23-30-17(20)5/h10,12H,6-9,11H2,1-5H3. The number of carbonyl (C=O) groups is 1. The lowest BCUT2D eigenvalue weighted by Crippen LogP contribution is -2.49. The first-order chi connectivity index (χ1) is 15.1. The van der Waals surface area contributed by atoms with Crippen LogP contribution in [0.4, 0.5) is 0 Å². The molecule has 0 spiro atoms. The van der Waals surface area contributed by atoms with Crippen molar-refractivity contribution in [2.45, 2.75) is 39.5 Å². The minimum atomic E-state index is -3.67. The Bertz CT molecular complexity index is 1240. The lowest BCUT2D eigenvalue weighted by molar-refractivity contribution is 0.0901. The number of nitrogens with zero attached hydrogens (tertiary/aromatic N) is 5. The Kier molecular flexibility index (Phi) is 6.10. The molecule has 4 rings (SSSR count). The number of hydrogen-bond acceptors (Lipinski definition) is 8. The Morgan fingerprint density at radius 3 is 2.38 bits per heavy atom. The van der Waals surface area contributed by atoms with Crippen molar-refractivity contribution in [3.63, 3.8) is 0 Å². The van der Waals surface area contributed by atoms with Crippen LogP contribution < -0.4 is 0 Å². The average Bonchev–Trinajstić information content (AvgIpc) is 3.39. The smallest absolute Gasteiger partial charge is 0.248 e. The van der Waals surface area contributed by atoms with Gasteiger partial charge < -0.3 is 4.52 Å². The van der Waals surface area contributed by atoms with E-state index in [1.54, 1.807) is 25.2 Å². The lowest BCUT2D eigenvalue weighted by atomic mass is 10.1. The third-order valence-electron chi connectivity index (χ3n) is 5.79. The van der Waals surface area contributed by atoms with Gasteiger partial charge in [-0.3, -0.25) is 14.3 Å². The summed E-state index contributed by atoms with van der Waals surface area (Å²) in [5.74, 6) is 0.325. The van der Waals surface area contributed by atoms with E-state index in [1.807, 2.05) is 41.7 Å². The summed E-state index contributed by atoms with van der Waals surface area (Å²) >= 11 is 1.55. The van der Waals surface area contributed by atoms with Gasteiger partial charge in [0.1, 0.15) is 10.6 Å². The molecule has 1 fully saturated rings. The van der Waals surface area contributed by atoms with E-state index in [0.29, 0.717) is 43.2 Å². The predicted octanol–water partition coefficient (Wildman–Crippen LogP) is 2.65. The van der Waals surface area contributed by atoms with Gasteiger partial charge in [-0.1, -0.05) is 5.16 Å². The van der Waals surface area contributed by atoms with E-state index in [1.165, 1.54) is 4.31 Å². The fraction of sp³-hybridized carbons (Fsp3) is 0.476. The van der Waals surface area contributed by atoms with Crippen molar-refractivity contribution in [3.8, 4) is 5.13 Å². The Morgan fingerprint density at radius 1 is 1.12 bits per heavy atom. The van der Waals surface area contributed by atoms with Crippen LogP contribution in [0, 0.1) is 34.6 Å². The van der Waals surface area contributed by atoms with Gasteiger partial charge in [0.25, 0.3) is 0 Å². The normalized spacial score (nSPS) is 16.0. The van der Waals surface area contributed by atoms with Gasteiger partial charge in [-0.2, -0.15) is 4.31 Å². The number of aryl methyl sites for hydroxylation is 4. The molecular formula is C21H27N5O4S2. The summed E-state index contributed by atoms with van der Waals surface area (Å²) in [5, 5.41) is 6.61. The molecule has 0 aromatic carbocycles. The zero-order valence-corrected chi connectivity index (χ0v) is 20.5. The molecule has 11 heteroatoms. The number of carbonyl (C=O) groups excluding carboxylic acids is 1. The van der Waals surface area contributed by atoms with E-state index in [0.717, 1.165) is 22.2 Å². The zero-order chi connectivity index (χ0) is 23.2. The van der Waals surface area contributed by atoms with Gasteiger partial charge in [0.05, 0.1) is 12.2 Å². The van der Waals surface area contributed by atoms with Crippen molar-refractivity contribution >= 4 is 27.1 Å². The summed E-state index contributed by atoms with van der Waals surface area (Å²) in [7, 11) is -3.67. The number of piperazine rings is 1. The van der Waals surface area contributed by atoms with Crippen molar-refractivity contribution < 1.29 is 17.7 Å². The van der Waals surface area contributed by atoms with E-state index in [4.69, 9.17) is 4.52 Å². The molecule has 0 unspecified atom stereocenters. The Morgan fingerprint density at radius 2 is 1.81 bits per heavy atom. The van der Waals surface area contributed by atoms with Gasteiger partial charge in [0.2, 0.25) is 10.0 Å². The summed E-state index contributed by atoms with van der Waals surface area (Å²) in [5.41, 5.74) is 3.85. The van der Waals surface area contributed by atoms with Crippen LogP contribution >= 0.6 is 11.3 Å². The number of rotatable bonds is 6. The first-order valence-electron chi connectivity index (χ1n) is 10.4. The first-order valence-corrected chi connectivity index (χ1v) is 12.7. The highest BCUT2D eigenvalue weighted by Crippen LogP contribution is 2.26. The number of thiazole rings is 1. The van der Waals surface area contributed by atoms with Crippen LogP contribution in [0.3, 0.4) is 0 Å². The van der Waals surface area contributed by atoms with E-state index in [-0.39, 0.29) is 17.2 Å². The number of aromatic nitrogens is 3. The molecule has 3 aromatic heterocycles. The molecule has 0 bridgehead atoms. The molecule has 172 valence electrons. The first kappa shape index (κ1) is 22.8. The molecule has 1 aliphatic rings. The molecule has 32 heavy (non-hydrogen) atoms. The largest absolute Gasteiger partial charge is 0.360 e. The van der Waals surface area contributed by atoms with Crippen molar-refractivity contribution in [2.75, 3.05) is 32.7 Å². The SMILES string of the molecule is Cc1csc(-n2c(C)cc(C(=O)CN3CCN(S(=O)(=O)c4c(C)noc4C)CC3)c2C)n1. The zero-order valence-electron chi connectivity index (χ0n) is 18.9. The van der Waals surface area contributed by atoms with E-state index in [9.17, 15) is 13.2 Å². The molecule has 1 saturated heterocycles. The van der Waals surface area contributed by atoms with E-state index < -0.39 is 10.0 Å². The quantitative estimate of drug-likeness (QED) is 0.503. The van der Waals surface area contributed by atoms with Crippen LogP contribution in [0.2, 0.25) is 0 Å². The highest BCUT2D eigenvalue weighted by Gasteiger charge is 2.33. The van der Waals surface area contributed by atoms with Crippen molar-refractivity contribution in [1.29, 1.82) is 0 Å². The second-order valence-electron chi connectivity index (χ2n) is 8.15. The minimum absolute atomic E-state index is 0.0275. The summed E-state index contributed by atoms with van der Waals surface area (Å²) < 4.78 is 34.5. The third kappa shape index (κ3) is 4.05. The molecule has 0 N–H and O–H groups in total. The summed E-state index contributed by atoms with van der Waals surface area (Å²) in [4.78, 5) is 19.8. The minimum Gasteiger partial charge on any atom is -0.360 e. The molecule has 9 nitrogen and oxygen atoms in total. The van der Waals surface area contributed by atoms with E-state index in [2.05, 4.69) is 10.1 Å². The van der Waals surface area contributed by atoms with Gasteiger partial charge in [-0.25, -0.2) is 13.4 Å². The lowest BCUT2D eigenvalue weighted by Gasteiger charge is -2.33. The van der Waals surface area contributed by atoms with Crippen LogP contribution in [0.1, 0.15) is 38.9 Å². The Labute approximate surface area is 191 Å². The molecule has 0 amide bonds. The number of Topliss-reactive ketones (excluding diaryl/α,β-unsaturated/α-hetero) is 1. The summed E-state index contributed by atoms with van der Waals surface area (Å²) in [6.07, 6.45) is 0. The Balaban J connectivity index is 1.43. The van der Waals surface area contributed by atoms with Crippen molar-refractivity contribution in [2.24, 2.45) is 0 Å². The average molecular weight is 478 g/mol. The number of hydrogen-bond donors (Lipinski definition) is 0. The predicted molar refractivity (Wildman–Crippen MR) is 121 cm³/mol.